The van der Waals surface area contributed by atoms with Crippen molar-refractivity contribution >= 4 is 17.3 Å². The lowest BCUT2D eigenvalue weighted by molar-refractivity contribution is 0.0695. The van der Waals surface area contributed by atoms with Crippen molar-refractivity contribution in [3.8, 4) is 6.07 Å². The van der Waals surface area contributed by atoms with E-state index in [0.29, 0.717) is 11.1 Å². The van der Waals surface area contributed by atoms with Gasteiger partial charge in [-0.2, -0.15) is 5.26 Å². The van der Waals surface area contributed by atoms with Gasteiger partial charge in [-0.05, 0) is 68.5 Å². The summed E-state index contributed by atoms with van der Waals surface area (Å²) in [5.41, 5.74) is 4.92. The van der Waals surface area contributed by atoms with E-state index >= 15 is 0 Å². The molecule has 146 valence electrons. The third kappa shape index (κ3) is 3.79. The summed E-state index contributed by atoms with van der Waals surface area (Å²) in [6.45, 7) is 7.14. The highest BCUT2D eigenvalue weighted by Gasteiger charge is 2.23. The number of benzene rings is 2. The predicted molar refractivity (Wildman–Crippen MR) is 108 cm³/mol. The third-order valence-corrected chi connectivity index (χ3v) is 5.45. The fraction of sp³-hybridized carbons (Fsp3) is 0.364. The summed E-state index contributed by atoms with van der Waals surface area (Å²) in [6.07, 6.45) is 1.69. The van der Waals surface area contributed by atoms with E-state index in [1.165, 1.54) is 12.1 Å². The second kappa shape index (κ2) is 7.89. The smallest absolute Gasteiger partial charge is 0.336 e. The Morgan fingerprint density at radius 3 is 2.50 bits per heavy atom. The Morgan fingerprint density at radius 2 is 1.89 bits per heavy atom. The summed E-state index contributed by atoms with van der Waals surface area (Å²) >= 11 is 0. The zero-order valence-corrected chi connectivity index (χ0v) is 16.3. The fourth-order valence-electron chi connectivity index (χ4n) is 4.08. The van der Waals surface area contributed by atoms with Crippen molar-refractivity contribution in [3.63, 3.8) is 0 Å². The van der Waals surface area contributed by atoms with E-state index in [-0.39, 0.29) is 6.04 Å². The van der Waals surface area contributed by atoms with Gasteiger partial charge in [-0.3, -0.25) is 0 Å². The number of halogens is 1. The SMILES string of the molecule is Cc1cc(C)c(C(=O)O)c(C)c1NC1CCN(c2ccc(F)cc2C#N)CC1. The van der Waals surface area contributed by atoms with Crippen molar-refractivity contribution in [2.24, 2.45) is 0 Å². The molecule has 0 amide bonds. The number of hydrogen-bond acceptors (Lipinski definition) is 4. The number of nitrogens with zero attached hydrogens (tertiary/aromatic N) is 2. The Kier molecular flexibility index (Phi) is 5.55. The Bertz CT molecular complexity index is 957. The molecule has 1 aliphatic heterocycles. The quantitative estimate of drug-likeness (QED) is 0.821. The second-order valence-electron chi connectivity index (χ2n) is 7.37. The van der Waals surface area contributed by atoms with E-state index in [0.717, 1.165) is 54.0 Å². The van der Waals surface area contributed by atoms with E-state index in [1.54, 1.807) is 6.07 Å². The van der Waals surface area contributed by atoms with E-state index in [4.69, 9.17) is 0 Å². The van der Waals surface area contributed by atoms with Gasteiger partial charge < -0.3 is 15.3 Å². The molecule has 2 aromatic carbocycles. The zero-order valence-electron chi connectivity index (χ0n) is 16.3. The van der Waals surface area contributed by atoms with E-state index < -0.39 is 11.8 Å². The molecule has 1 heterocycles. The van der Waals surface area contributed by atoms with Crippen molar-refractivity contribution < 1.29 is 14.3 Å². The minimum Gasteiger partial charge on any atom is -0.478 e. The molecule has 0 bridgehead atoms. The van der Waals surface area contributed by atoms with Crippen LogP contribution >= 0.6 is 0 Å². The molecule has 0 aliphatic carbocycles. The molecule has 1 aliphatic rings. The van der Waals surface area contributed by atoms with Gasteiger partial charge in [-0.15, -0.1) is 0 Å². The lowest BCUT2D eigenvalue weighted by Crippen LogP contribution is -2.39. The molecule has 5 nitrogen and oxygen atoms in total. The summed E-state index contributed by atoms with van der Waals surface area (Å²) in [5.74, 6) is -1.32. The predicted octanol–water partition coefficient (Wildman–Crippen LogP) is 4.40. The van der Waals surface area contributed by atoms with Crippen molar-refractivity contribution in [3.05, 3.63) is 57.9 Å². The van der Waals surface area contributed by atoms with Gasteiger partial charge in [0.25, 0.3) is 0 Å². The average molecular weight is 381 g/mol. The number of hydrogen-bond donors (Lipinski definition) is 2. The third-order valence-electron chi connectivity index (χ3n) is 5.45. The lowest BCUT2D eigenvalue weighted by Gasteiger charge is -2.35. The fourth-order valence-corrected chi connectivity index (χ4v) is 4.08. The molecule has 0 atom stereocenters. The van der Waals surface area contributed by atoms with Crippen molar-refractivity contribution in [1.82, 2.24) is 0 Å². The molecule has 0 unspecified atom stereocenters. The van der Waals surface area contributed by atoms with Crippen LogP contribution in [0.2, 0.25) is 0 Å². The largest absolute Gasteiger partial charge is 0.478 e. The number of aromatic carboxylic acids is 1. The van der Waals surface area contributed by atoms with Gasteiger partial charge >= 0.3 is 5.97 Å². The molecule has 1 fully saturated rings. The first-order valence-electron chi connectivity index (χ1n) is 9.37. The standard InChI is InChI=1S/C22H24FN3O2/c1-13-10-14(2)21(15(3)20(13)22(27)28)25-18-6-8-26(9-7-18)19-5-4-17(23)11-16(19)12-24/h4-5,10-11,18,25H,6-9H2,1-3H3,(H,27,28). The number of carboxylic acid groups (broad SMARTS) is 1. The van der Waals surface area contributed by atoms with Crippen LogP contribution < -0.4 is 10.2 Å². The van der Waals surface area contributed by atoms with Gasteiger partial charge in [-0.25, -0.2) is 9.18 Å². The number of rotatable bonds is 4. The maximum absolute atomic E-state index is 13.4. The number of aryl methyl sites for hydroxylation is 2. The van der Waals surface area contributed by atoms with E-state index in [2.05, 4.69) is 16.3 Å². The van der Waals surface area contributed by atoms with Crippen molar-refractivity contribution in [1.29, 1.82) is 5.26 Å². The van der Waals surface area contributed by atoms with E-state index in [9.17, 15) is 19.6 Å². The van der Waals surface area contributed by atoms with Crippen LogP contribution in [0.4, 0.5) is 15.8 Å². The Morgan fingerprint density at radius 1 is 1.21 bits per heavy atom. The zero-order chi connectivity index (χ0) is 20.4. The lowest BCUT2D eigenvalue weighted by atomic mass is 9.95. The van der Waals surface area contributed by atoms with Crippen molar-refractivity contribution in [2.75, 3.05) is 23.3 Å². The highest BCUT2D eigenvalue weighted by molar-refractivity contribution is 5.93. The molecular weight excluding hydrogens is 357 g/mol. The average Bonchev–Trinajstić information content (AvgIpc) is 2.65. The molecule has 6 heteroatoms. The summed E-state index contributed by atoms with van der Waals surface area (Å²) in [5, 5.41) is 22.3. The Hall–Kier alpha value is -3.07. The number of nitrogens with one attached hydrogen (secondary N) is 1. The van der Waals surface area contributed by atoms with Crippen LogP contribution in [0.5, 0.6) is 0 Å². The van der Waals surface area contributed by atoms with E-state index in [1.807, 2.05) is 26.8 Å². The van der Waals surface area contributed by atoms with Crippen LogP contribution in [0.1, 0.15) is 45.5 Å². The molecule has 0 aromatic heterocycles. The molecule has 0 saturated carbocycles. The summed E-state index contributed by atoms with van der Waals surface area (Å²) < 4.78 is 13.4. The van der Waals surface area contributed by atoms with Crippen LogP contribution in [0.15, 0.2) is 24.3 Å². The molecule has 0 radical (unpaired) electrons. The molecule has 1 saturated heterocycles. The molecule has 2 aromatic rings. The van der Waals surface area contributed by atoms with Crippen LogP contribution in [-0.4, -0.2) is 30.2 Å². The second-order valence-corrected chi connectivity index (χ2v) is 7.37. The Balaban J connectivity index is 1.75. The monoisotopic (exact) mass is 381 g/mol. The molecular formula is C22H24FN3O2. The summed E-state index contributed by atoms with van der Waals surface area (Å²) in [4.78, 5) is 13.7. The number of anilines is 2. The number of piperidine rings is 1. The first kappa shape index (κ1) is 19.7. The first-order valence-corrected chi connectivity index (χ1v) is 9.37. The van der Waals surface area contributed by atoms with Gasteiger partial charge in [0.2, 0.25) is 0 Å². The molecule has 0 spiro atoms. The summed E-state index contributed by atoms with van der Waals surface area (Å²) in [7, 11) is 0. The van der Waals surface area contributed by atoms with Gasteiger partial charge in [0, 0.05) is 24.8 Å². The molecule has 28 heavy (non-hydrogen) atoms. The first-order chi connectivity index (χ1) is 13.3. The number of carboxylic acids is 1. The van der Waals surface area contributed by atoms with Gasteiger partial charge in [-0.1, -0.05) is 6.07 Å². The Labute approximate surface area is 164 Å². The molecule has 3 rings (SSSR count). The van der Waals surface area contributed by atoms with Crippen molar-refractivity contribution in [2.45, 2.75) is 39.7 Å². The molecule has 2 N–H and O–H groups in total. The topological polar surface area (TPSA) is 76.4 Å². The van der Waals surface area contributed by atoms with Crippen LogP contribution in [0.3, 0.4) is 0 Å². The van der Waals surface area contributed by atoms with Gasteiger partial charge in [0.1, 0.15) is 11.9 Å². The van der Waals surface area contributed by atoms with Crippen LogP contribution in [0.25, 0.3) is 0 Å². The number of nitriles is 1. The van der Waals surface area contributed by atoms with Crippen LogP contribution in [-0.2, 0) is 0 Å². The highest BCUT2D eigenvalue weighted by atomic mass is 19.1. The van der Waals surface area contributed by atoms with Gasteiger partial charge in [0.15, 0.2) is 0 Å². The summed E-state index contributed by atoms with van der Waals surface area (Å²) in [6, 6.07) is 8.50. The van der Waals surface area contributed by atoms with Crippen LogP contribution in [0, 0.1) is 37.9 Å². The maximum Gasteiger partial charge on any atom is 0.336 e. The van der Waals surface area contributed by atoms with Gasteiger partial charge in [0.05, 0.1) is 16.8 Å². The highest BCUT2D eigenvalue weighted by Crippen LogP contribution is 2.30. The minimum atomic E-state index is -0.909. The normalized spacial score (nSPS) is 14.6. The maximum atomic E-state index is 13.4. The number of carbonyl (C=O) groups is 1. The minimum absolute atomic E-state index is 0.212.